The van der Waals surface area contributed by atoms with E-state index in [1.54, 1.807) is 6.07 Å². The summed E-state index contributed by atoms with van der Waals surface area (Å²) in [5.74, 6) is 1.15. The molecule has 1 aliphatic carbocycles. The molecule has 0 amide bonds. The van der Waals surface area contributed by atoms with E-state index in [0.717, 1.165) is 25.7 Å². The summed E-state index contributed by atoms with van der Waals surface area (Å²) >= 11 is 0. The van der Waals surface area contributed by atoms with Crippen LogP contribution < -0.4 is 15.2 Å². The monoisotopic (exact) mass is 237 g/mol. The van der Waals surface area contributed by atoms with Crippen LogP contribution >= 0.6 is 0 Å². The third-order valence-corrected chi connectivity index (χ3v) is 2.92. The zero-order valence-electron chi connectivity index (χ0n) is 10.1. The third-order valence-electron chi connectivity index (χ3n) is 2.92. The Morgan fingerprint density at radius 1 is 1.24 bits per heavy atom. The molecular weight excluding hydrogens is 218 g/mol. The lowest BCUT2D eigenvalue weighted by Gasteiger charge is -2.26. The zero-order valence-corrected chi connectivity index (χ0v) is 10.1. The Hall–Kier alpha value is -1.36. The van der Waals surface area contributed by atoms with Gasteiger partial charge in [-0.15, -0.1) is 0 Å². The fourth-order valence-electron chi connectivity index (χ4n) is 1.99. The van der Waals surface area contributed by atoms with Crippen molar-refractivity contribution >= 4 is 0 Å². The Balaban J connectivity index is 1.91. The quantitative estimate of drug-likeness (QED) is 0.859. The summed E-state index contributed by atoms with van der Waals surface area (Å²) in [7, 11) is 0. The van der Waals surface area contributed by atoms with Gasteiger partial charge in [0.05, 0.1) is 12.7 Å². The van der Waals surface area contributed by atoms with Crippen molar-refractivity contribution in [1.82, 2.24) is 9.97 Å². The van der Waals surface area contributed by atoms with Crippen LogP contribution in [0, 0.1) is 0 Å². The maximum absolute atomic E-state index is 5.85. The Labute approximate surface area is 101 Å². The van der Waals surface area contributed by atoms with Gasteiger partial charge < -0.3 is 15.2 Å². The second-order valence-electron chi connectivity index (χ2n) is 4.28. The van der Waals surface area contributed by atoms with Crippen molar-refractivity contribution in [3.8, 4) is 11.8 Å². The molecule has 0 unspecified atom stereocenters. The van der Waals surface area contributed by atoms with Gasteiger partial charge in [0.1, 0.15) is 12.4 Å². The van der Waals surface area contributed by atoms with Gasteiger partial charge in [-0.05, 0) is 32.6 Å². The number of nitrogens with two attached hydrogens (primary N) is 1. The molecule has 1 fully saturated rings. The molecular formula is C12H19N3O2. The van der Waals surface area contributed by atoms with Crippen molar-refractivity contribution in [2.45, 2.75) is 44.8 Å². The highest BCUT2D eigenvalue weighted by atomic mass is 16.5. The molecule has 2 N–H and O–H groups in total. The van der Waals surface area contributed by atoms with Gasteiger partial charge in [-0.2, -0.15) is 0 Å². The van der Waals surface area contributed by atoms with Crippen LogP contribution in [-0.4, -0.2) is 28.7 Å². The molecule has 0 saturated heterocycles. The molecule has 1 aromatic rings. The Kier molecular flexibility index (Phi) is 4.14. The summed E-state index contributed by atoms with van der Waals surface area (Å²) in [5, 5.41) is 0. The predicted octanol–water partition coefficient (Wildman–Crippen LogP) is 1.52. The minimum atomic E-state index is 0.221. The molecule has 1 aliphatic rings. The molecule has 0 aliphatic heterocycles. The minimum absolute atomic E-state index is 0.221. The van der Waals surface area contributed by atoms with Crippen LogP contribution in [0.2, 0.25) is 0 Å². The van der Waals surface area contributed by atoms with Crippen LogP contribution in [0.1, 0.15) is 32.6 Å². The Morgan fingerprint density at radius 3 is 2.65 bits per heavy atom. The highest BCUT2D eigenvalue weighted by Crippen LogP contribution is 2.22. The summed E-state index contributed by atoms with van der Waals surface area (Å²) in [4.78, 5) is 8.09. The van der Waals surface area contributed by atoms with Crippen LogP contribution in [0.4, 0.5) is 0 Å². The molecule has 0 radical (unpaired) electrons. The van der Waals surface area contributed by atoms with E-state index in [2.05, 4.69) is 9.97 Å². The second kappa shape index (κ2) is 5.82. The van der Waals surface area contributed by atoms with Crippen LogP contribution in [0.3, 0.4) is 0 Å². The van der Waals surface area contributed by atoms with E-state index in [-0.39, 0.29) is 6.10 Å². The van der Waals surface area contributed by atoms with E-state index in [0.29, 0.717) is 24.4 Å². The van der Waals surface area contributed by atoms with Crippen molar-refractivity contribution in [1.29, 1.82) is 0 Å². The molecule has 5 heteroatoms. The smallest absolute Gasteiger partial charge is 0.220 e. The van der Waals surface area contributed by atoms with Gasteiger partial charge in [-0.1, -0.05) is 0 Å². The average Bonchev–Trinajstić information content (AvgIpc) is 2.33. The molecule has 0 spiro atoms. The number of ether oxygens (including phenoxy) is 2. The molecule has 1 heterocycles. The van der Waals surface area contributed by atoms with Gasteiger partial charge in [-0.25, -0.2) is 9.97 Å². The van der Waals surface area contributed by atoms with E-state index < -0.39 is 0 Å². The largest absolute Gasteiger partial charge is 0.478 e. The summed E-state index contributed by atoms with van der Waals surface area (Å²) < 4.78 is 11.1. The summed E-state index contributed by atoms with van der Waals surface area (Å²) in [5.41, 5.74) is 5.85. The fraction of sp³-hybridized carbons (Fsp3) is 0.667. The molecule has 5 nitrogen and oxygen atoms in total. The van der Waals surface area contributed by atoms with Gasteiger partial charge in [0.2, 0.25) is 11.8 Å². The van der Waals surface area contributed by atoms with Crippen molar-refractivity contribution < 1.29 is 9.47 Å². The van der Waals surface area contributed by atoms with Crippen LogP contribution in [0.5, 0.6) is 11.8 Å². The van der Waals surface area contributed by atoms with Gasteiger partial charge in [0.25, 0.3) is 0 Å². The number of hydrogen-bond acceptors (Lipinski definition) is 5. The van der Waals surface area contributed by atoms with Crippen molar-refractivity contribution in [2.24, 2.45) is 5.73 Å². The average molecular weight is 237 g/mol. The lowest BCUT2D eigenvalue weighted by molar-refractivity contribution is 0.140. The van der Waals surface area contributed by atoms with Gasteiger partial charge in [0, 0.05) is 6.04 Å². The van der Waals surface area contributed by atoms with E-state index in [9.17, 15) is 0 Å². The standard InChI is InChI=1S/C12H19N3O2/c1-2-16-11-7-12(15-8-14-11)17-10-5-3-9(13)4-6-10/h7-10H,2-6,13H2,1H3. The number of aromatic nitrogens is 2. The summed E-state index contributed by atoms with van der Waals surface area (Å²) in [6, 6.07) is 2.07. The zero-order chi connectivity index (χ0) is 12.1. The normalized spacial score (nSPS) is 24.4. The van der Waals surface area contributed by atoms with Crippen molar-refractivity contribution in [3.63, 3.8) is 0 Å². The number of hydrogen-bond donors (Lipinski definition) is 1. The van der Waals surface area contributed by atoms with E-state index in [1.807, 2.05) is 6.92 Å². The molecule has 94 valence electrons. The maximum Gasteiger partial charge on any atom is 0.220 e. The highest BCUT2D eigenvalue weighted by Gasteiger charge is 2.20. The maximum atomic E-state index is 5.85. The summed E-state index contributed by atoms with van der Waals surface area (Å²) in [6.07, 6.45) is 5.72. The molecule has 1 saturated carbocycles. The first kappa shape index (κ1) is 12.1. The Bertz CT molecular complexity index is 351. The van der Waals surface area contributed by atoms with Crippen molar-refractivity contribution in [2.75, 3.05) is 6.61 Å². The van der Waals surface area contributed by atoms with Crippen LogP contribution in [0.15, 0.2) is 12.4 Å². The van der Waals surface area contributed by atoms with Gasteiger partial charge >= 0.3 is 0 Å². The molecule has 1 aromatic heterocycles. The number of nitrogens with zero attached hydrogens (tertiary/aromatic N) is 2. The Morgan fingerprint density at radius 2 is 1.94 bits per heavy atom. The van der Waals surface area contributed by atoms with E-state index in [1.165, 1.54) is 6.33 Å². The molecule has 0 bridgehead atoms. The minimum Gasteiger partial charge on any atom is -0.478 e. The van der Waals surface area contributed by atoms with E-state index in [4.69, 9.17) is 15.2 Å². The molecule has 2 rings (SSSR count). The first-order chi connectivity index (χ1) is 8.28. The highest BCUT2D eigenvalue weighted by molar-refractivity contribution is 5.18. The summed E-state index contributed by atoms with van der Waals surface area (Å²) in [6.45, 7) is 2.51. The van der Waals surface area contributed by atoms with Crippen LogP contribution in [0.25, 0.3) is 0 Å². The first-order valence-corrected chi connectivity index (χ1v) is 6.15. The van der Waals surface area contributed by atoms with Crippen molar-refractivity contribution in [3.05, 3.63) is 12.4 Å². The first-order valence-electron chi connectivity index (χ1n) is 6.15. The SMILES string of the molecule is CCOc1cc(OC2CCC(N)CC2)ncn1. The predicted molar refractivity (Wildman–Crippen MR) is 64.1 cm³/mol. The molecule has 0 atom stereocenters. The lowest BCUT2D eigenvalue weighted by atomic mass is 9.94. The second-order valence-corrected chi connectivity index (χ2v) is 4.28. The topological polar surface area (TPSA) is 70.3 Å². The van der Waals surface area contributed by atoms with Gasteiger partial charge in [0.15, 0.2) is 0 Å². The third kappa shape index (κ3) is 3.56. The molecule has 17 heavy (non-hydrogen) atoms. The van der Waals surface area contributed by atoms with Crippen LogP contribution in [-0.2, 0) is 0 Å². The number of rotatable bonds is 4. The molecule has 0 aromatic carbocycles. The van der Waals surface area contributed by atoms with E-state index >= 15 is 0 Å². The fourth-order valence-corrected chi connectivity index (χ4v) is 1.99. The van der Waals surface area contributed by atoms with Gasteiger partial charge in [-0.3, -0.25) is 0 Å². The lowest BCUT2D eigenvalue weighted by Crippen LogP contribution is -2.31.